The molecule has 0 saturated carbocycles. The van der Waals surface area contributed by atoms with Gasteiger partial charge in [-0.1, -0.05) is 48.2 Å². The smallest absolute Gasteiger partial charge is 0.305 e. The predicted molar refractivity (Wildman–Crippen MR) is 81.5 cm³/mol. The molecule has 110 valence electrons. The molecule has 0 amide bonds. The first-order chi connectivity index (χ1) is 9.59. The summed E-state index contributed by atoms with van der Waals surface area (Å²) >= 11 is 12.3. The van der Waals surface area contributed by atoms with Crippen LogP contribution in [0.2, 0.25) is 10.0 Å². The molecule has 1 fully saturated rings. The number of hydrogen-bond donors (Lipinski definition) is 1. The molecule has 20 heavy (non-hydrogen) atoms. The zero-order chi connectivity index (χ0) is 14.5. The van der Waals surface area contributed by atoms with E-state index < -0.39 is 5.97 Å². The predicted octanol–water partition coefficient (Wildman–Crippen LogP) is 4.39. The number of likely N-dealkylation sites (tertiary alicyclic amines) is 1. The van der Waals surface area contributed by atoms with Gasteiger partial charge in [0, 0.05) is 6.04 Å². The Morgan fingerprint density at radius 3 is 2.45 bits per heavy atom. The second-order valence-corrected chi connectivity index (χ2v) is 5.99. The average Bonchev–Trinajstić information content (AvgIpc) is 2.68. The van der Waals surface area contributed by atoms with E-state index in [-0.39, 0.29) is 12.5 Å². The van der Waals surface area contributed by atoms with Crippen LogP contribution in [0, 0.1) is 0 Å². The van der Waals surface area contributed by atoms with Crippen LogP contribution < -0.4 is 0 Å². The molecule has 1 aliphatic rings. The zero-order valence-electron chi connectivity index (χ0n) is 11.3. The highest BCUT2D eigenvalue weighted by Crippen LogP contribution is 2.35. The fourth-order valence-electron chi connectivity index (χ4n) is 2.79. The van der Waals surface area contributed by atoms with Gasteiger partial charge in [0.05, 0.1) is 16.5 Å². The molecule has 1 aromatic carbocycles. The number of benzene rings is 1. The third-order valence-electron chi connectivity index (χ3n) is 3.79. The van der Waals surface area contributed by atoms with Crippen molar-refractivity contribution in [2.75, 3.05) is 13.1 Å². The third kappa shape index (κ3) is 3.87. The van der Waals surface area contributed by atoms with Crippen LogP contribution in [-0.4, -0.2) is 29.1 Å². The molecule has 0 radical (unpaired) electrons. The van der Waals surface area contributed by atoms with Crippen LogP contribution in [-0.2, 0) is 4.79 Å². The topological polar surface area (TPSA) is 40.5 Å². The molecule has 3 nitrogen and oxygen atoms in total. The van der Waals surface area contributed by atoms with Crippen molar-refractivity contribution in [1.29, 1.82) is 0 Å². The Bertz CT molecular complexity index is 471. The maximum atomic E-state index is 11.2. The van der Waals surface area contributed by atoms with Crippen LogP contribution in [0.3, 0.4) is 0 Å². The van der Waals surface area contributed by atoms with Crippen molar-refractivity contribution in [2.45, 2.75) is 38.1 Å². The zero-order valence-corrected chi connectivity index (χ0v) is 12.8. The lowest BCUT2D eigenvalue weighted by molar-refractivity contribution is -0.138. The first-order valence-electron chi connectivity index (χ1n) is 6.99. The van der Waals surface area contributed by atoms with Gasteiger partial charge in [0.1, 0.15) is 0 Å². The summed E-state index contributed by atoms with van der Waals surface area (Å²) in [7, 11) is 0. The van der Waals surface area contributed by atoms with Crippen LogP contribution >= 0.6 is 23.2 Å². The van der Waals surface area contributed by atoms with Crippen molar-refractivity contribution in [2.24, 2.45) is 0 Å². The van der Waals surface area contributed by atoms with Gasteiger partial charge >= 0.3 is 5.97 Å². The van der Waals surface area contributed by atoms with E-state index in [0.29, 0.717) is 10.0 Å². The summed E-state index contributed by atoms with van der Waals surface area (Å²) in [4.78, 5) is 13.4. The summed E-state index contributed by atoms with van der Waals surface area (Å²) in [5.74, 6) is -0.810. The standard InChI is InChI=1S/C15H19Cl2NO2/c16-12-7-5-6-11(15(12)17)13(10-14(19)20)18-8-3-1-2-4-9-18/h5-7,13H,1-4,8-10H2,(H,19,20). The van der Waals surface area contributed by atoms with E-state index in [0.717, 1.165) is 31.5 Å². The molecule has 0 aliphatic carbocycles. The monoisotopic (exact) mass is 315 g/mol. The maximum Gasteiger partial charge on any atom is 0.305 e. The molecule has 1 atom stereocenters. The first-order valence-corrected chi connectivity index (χ1v) is 7.75. The van der Waals surface area contributed by atoms with Gasteiger partial charge in [0.15, 0.2) is 0 Å². The Kier molecular flexibility index (Phi) is 5.70. The van der Waals surface area contributed by atoms with Gasteiger partial charge < -0.3 is 5.11 Å². The minimum Gasteiger partial charge on any atom is -0.481 e. The van der Waals surface area contributed by atoms with Crippen molar-refractivity contribution in [3.63, 3.8) is 0 Å². The molecule has 1 saturated heterocycles. The second kappa shape index (κ2) is 7.30. The number of halogens is 2. The van der Waals surface area contributed by atoms with E-state index in [4.69, 9.17) is 23.2 Å². The number of carboxylic acid groups (broad SMARTS) is 1. The highest BCUT2D eigenvalue weighted by molar-refractivity contribution is 6.42. The Balaban J connectivity index is 2.30. The van der Waals surface area contributed by atoms with Gasteiger partial charge in [-0.05, 0) is 37.6 Å². The normalized spacial score (nSPS) is 18.5. The number of aliphatic carboxylic acids is 1. The van der Waals surface area contributed by atoms with Crippen molar-refractivity contribution < 1.29 is 9.90 Å². The molecular weight excluding hydrogens is 297 g/mol. The summed E-state index contributed by atoms with van der Waals surface area (Å²) in [6.45, 7) is 1.83. The summed E-state index contributed by atoms with van der Waals surface area (Å²) in [6, 6.07) is 5.24. The molecule has 0 aromatic heterocycles. The fourth-order valence-corrected chi connectivity index (χ4v) is 3.22. The van der Waals surface area contributed by atoms with Crippen LogP contribution in [0.1, 0.15) is 43.7 Å². The highest BCUT2D eigenvalue weighted by Gasteiger charge is 2.26. The number of nitrogens with zero attached hydrogens (tertiary/aromatic N) is 1. The molecule has 0 bridgehead atoms. The van der Waals surface area contributed by atoms with Gasteiger partial charge in [0.2, 0.25) is 0 Å². The summed E-state index contributed by atoms with van der Waals surface area (Å²) in [6.07, 6.45) is 4.68. The Morgan fingerprint density at radius 1 is 1.20 bits per heavy atom. The maximum absolute atomic E-state index is 11.2. The summed E-state index contributed by atoms with van der Waals surface area (Å²) in [5.41, 5.74) is 0.823. The Labute approximate surface area is 129 Å². The molecule has 1 aliphatic heterocycles. The number of carboxylic acids is 1. The lowest BCUT2D eigenvalue weighted by atomic mass is 10.0. The summed E-state index contributed by atoms with van der Waals surface area (Å²) in [5, 5.41) is 10.2. The van der Waals surface area contributed by atoms with Gasteiger partial charge in [-0.3, -0.25) is 9.69 Å². The molecule has 5 heteroatoms. The van der Waals surface area contributed by atoms with E-state index in [9.17, 15) is 9.90 Å². The van der Waals surface area contributed by atoms with Crippen molar-refractivity contribution >= 4 is 29.2 Å². The lowest BCUT2D eigenvalue weighted by Gasteiger charge is -2.30. The molecule has 0 spiro atoms. The van der Waals surface area contributed by atoms with Crippen LogP contribution in [0.5, 0.6) is 0 Å². The third-order valence-corrected chi connectivity index (χ3v) is 4.62. The number of rotatable bonds is 4. The van der Waals surface area contributed by atoms with E-state index in [2.05, 4.69) is 4.90 Å². The molecule has 1 heterocycles. The summed E-state index contributed by atoms with van der Waals surface area (Å²) < 4.78 is 0. The van der Waals surface area contributed by atoms with Crippen molar-refractivity contribution in [3.8, 4) is 0 Å². The van der Waals surface area contributed by atoms with Crippen LogP contribution in [0.25, 0.3) is 0 Å². The van der Waals surface area contributed by atoms with E-state index in [1.807, 2.05) is 12.1 Å². The first kappa shape index (κ1) is 15.6. The number of hydrogen-bond acceptors (Lipinski definition) is 2. The van der Waals surface area contributed by atoms with Crippen molar-refractivity contribution in [1.82, 2.24) is 4.90 Å². The van der Waals surface area contributed by atoms with E-state index in [1.165, 1.54) is 12.8 Å². The Morgan fingerprint density at radius 2 is 1.85 bits per heavy atom. The van der Waals surface area contributed by atoms with Gasteiger partial charge in [-0.2, -0.15) is 0 Å². The van der Waals surface area contributed by atoms with E-state index in [1.54, 1.807) is 6.07 Å². The SMILES string of the molecule is O=C(O)CC(c1cccc(Cl)c1Cl)N1CCCCCC1. The molecule has 1 aromatic rings. The van der Waals surface area contributed by atoms with Crippen LogP contribution in [0.15, 0.2) is 18.2 Å². The largest absolute Gasteiger partial charge is 0.481 e. The quantitative estimate of drug-likeness (QED) is 0.896. The second-order valence-electron chi connectivity index (χ2n) is 5.21. The Hall–Kier alpha value is -0.770. The lowest BCUT2D eigenvalue weighted by Crippen LogP contribution is -2.31. The minimum absolute atomic E-state index is 0.0556. The number of carbonyl (C=O) groups is 1. The average molecular weight is 316 g/mol. The highest BCUT2D eigenvalue weighted by atomic mass is 35.5. The minimum atomic E-state index is -0.810. The molecular formula is C15H19Cl2NO2. The van der Waals surface area contributed by atoms with Crippen LogP contribution in [0.4, 0.5) is 0 Å². The fraction of sp³-hybridized carbons (Fsp3) is 0.533. The molecule has 1 unspecified atom stereocenters. The molecule has 2 rings (SSSR count). The van der Waals surface area contributed by atoms with Crippen molar-refractivity contribution in [3.05, 3.63) is 33.8 Å². The van der Waals surface area contributed by atoms with E-state index >= 15 is 0 Å². The van der Waals surface area contributed by atoms with Gasteiger partial charge in [-0.15, -0.1) is 0 Å². The van der Waals surface area contributed by atoms with Gasteiger partial charge in [0.25, 0.3) is 0 Å². The van der Waals surface area contributed by atoms with Gasteiger partial charge in [-0.25, -0.2) is 0 Å². The molecule has 1 N–H and O–H groups in total.